The lowest BCUT2D eigenvalue weighted by molar-refractivity contribution is -0.130. The SMILES string of the molecule is O=C(Nc1cc(Cl)ccc1Cl)C1CNC(=O)N(c2ccc(Cl)cc2)C1=O. The number of benzene rings is 2. The average Bonchev–Trinajstić information content (AvgIpc) is 2.60. The molecule has 0 saturated carbocycles. The molecule has 2 aromatic rings. The predicted molar refractivity (Wildman–Crippen MR) is 101 cm³/mol. The summed E-state index contributed by atoms with van der Waals surface area (Å²) >= 11 is 17.8. The molecule has 134 valence electrons. The van der Waals surface area contributed by atoms with E-state index < -0.39 is 23.8 Å². The van der Waals surface area contributed by atoms with Crippen molar-refractivity contribution in [1.82, 2.24) is 5.32 Å². The number of hydrogen-bond acceptors (Lipinski definition) is 3. The lowest BCUT2D eigenvalue weighted by Gasteiger charge is -2.30. The first-order valence-corrected chi connectivity index (χ1v) is 8.63. The highest BCUT2D eigenvalue weighted by Gasteiger charge is 2.39. The number of nitrogens with zero attached hydrogens (tertiary/aromatic N) is 1. The molecule has 9 heteroatoms. The predicted octanol–water partition coefficient (Wildman–Crippen LogP) is 3.96. The van der Waals surface area contributed by atoms with E-state index >= 15 is 0 Å². The van der Waals surface area contributed by atoms with E-state index in [1.54, 1.807) is 18.2 Å². The number of imide groups is 1. The molecule has 2 aromatic carbocycles. The first-order valence-electron chi connectivity index (χ1n) is 7.50. The lowest BCUT2D eigenvalue weighted by atomic mass is 10.0. The van der Waals surface area contributed by atoms with E-state index in [1.165, 1.54) is 24.3 Å². The maximum Gasteiger partial charge on any atom is 0.328 e. The summed E-state index contributed by atoms with van der Waals surface area (Å²) < 4.78 is 0. The molecule has 1 aliphatic heterocycles. The molecule has 2 N–H and O–H groups in total. The number of carbonyl (C=O) groups excluding carboxylic acids is 3. The molecule has 0 spiro atoms. The molecule has 6 nitrogen and oxygen atoms in total. The van der Waals surface area contributed by atoms with Gasteiger partial charge in [-0.05, 0) is 42.5 Å². The summed E-state index contributed by atoms with van der Waals surface area (Å²) in [6.45, 7) is -0.119. The molecule has 0 bridgehead atoms. The Labute approximate surface area is 164 Å². The normalized spacial score (nSPS) is 17.0. The van der Waals surface area contributed by atoms with Crippen molar-refractivity contribution in [2.45, 2.75) is 0 Å². The van der Waals surface area contributed by atoms with Crippen LogP contribution in [-0.2, 0) is 9.59 Å². The molecule has 0 aliphatic carbocycles. The van der Waals surface area contributed by atoms with Crippen molar-refractivity contribution in [2.24, 2.45) is 5.92 Å². The fourth-order valence-corrected chi connectivity index (χ4v) is 2.93. The molecule has 1 aliphatic rings. The first kappa shape index (κ1) is 18.5. The highest BCUT2D eigenvalue weighted by molar-refractivity contribution is 6.36. The molecule has 1 fully saturated rings. The summed E-state index contributed by atoms with van der Waals surface area (Å²) in [4.78, 5) is 38.3. The fraction of sp³-hybridized carbons (Fsp3) is 0.118. The number of hydrogen-bond donors (Lipinski definition) is 2. The maximum atomic E-state index is 12.7. The zero-order valence-corrected chi connectivity index (χ0v) is 15.4. The van der Waals surface area contributed by atoms with E-state index in [-0.39, 0.29) is 17.3 Å². The molecule has 1 heterocycles. The summed E-state index contributed by atoms with van der Waals surface area (Å²) in [6.07, 6.45) is 0. The van der Waals surface area contributed by atoms with Crippen molar-refractivity contribution in [3.8, 4) is 0 Å². The maximum absolute atomic E-state index is 12.7. The van der Waals surface area contributed by atoms with Gasteiger partial charge in [0.05, 0.1) is 16.4 Å². The minimum absolute atomic E-state index is 0.119. The summed E-state index contributed by atoms with van der Waals surface area (Å²) in [5, 5.41) is 6.23. The van der Waals surface area contributed by atoms with Crippen LogP contribution in [0.4, 0.5) is 16.2 Å². The van der Waals surface area contributed by atoms with Gasteiger partial charge in [-0.15, -0.1) is 0 Å². The third-order valence-electron chi connectivity index (χ3n) is 3.77. The summed E-state index contributed by atoms with van der Waals surface area (Å²) in [5.41, 5.74) is 0.599. The monoisotopic (exact) mass is 411 g/mol. The molecule has 4 amide bonds. The number of amides is 4. The van der Waals surface area contributed by atoms with Gasteiger partial charge < -0.3 is 10.6 Å². The van der Waals surface area contributed by atoms with Gasteiger partial charge in [-0.1, -0.05) is 34.8 Å². The molecule has 1 unspecified atom stereocenters. The highest BCUT2D eigenvalue weighted by atomic mass is 35.5. The van der Waals surface area contributed by atoms with Gasteiger partial charge >= 0.3 is 6.03 Å². The van der Waals surface area contributed by atoms with Crippen LogP contribution in [0.25, 0.3) is 0 Å². The summed E-state index contributed by atoms with van der Waals surface area (Å²) in [7, 11) is 0. The van der Waals surface area contributed by atoms with Gasteiger partial charge in [0, 0.05) is 16.6 Å². The van der Waals surface area contributed by atoms with E-state index in [4.69, 9.17) is 34.8 Å². The zero-order valence-electron chi connectivity index (χ0n) is 13.1. The molecule has 26 heavy (non-hydrogen) atoms. The zero-order chi connectivity index (χ0) is 18.8. The van der Waals surface area contributed by atoms with Gasteiger partial charge in [0.25, 0.3) is 0 Å². The van der Waals surface area contributed by atoms with Gasteiger partial charge in [0.1, 0.15) is 5.92 Å². The van der Waals surface area contributed by atoms with Crippen LogP contribution in [0.15, 0.2) is 42.5 Å². The quantitative estimate of drug-likeness (QED) is 0.749. The van der Waals surface area contributed by atoms with Crippen LogP contribution in [0.2, 0.25) is 15.1 Å². The number of urea groups is 1. The Hall–Kier alpha value is -2.28. The van der Waals surface area contributed by atoms with Crippen LogP contribution in [0.1, 0.15) is 0 Å². The molecular formula is C17H12Cl3N3O3. The van der Waals surface area contributed by atoms with Crippen LogP contribution < -0.4 is 15.5 Å². The van der Waals surface area contributed by atoms with E-state index in [0.29, 0.717) is 15.7 Å². The molecule has 1 atom stereocenters. The smallest absolute Gasteiger partial charge is 0.328 e. The standard InChI is InChI=1S/C17H12Cl3N3O3/c18-9-1-4-11(5-2-9)23-16(25)12(8-21-17(23)26)15(24)22-14-7-10(19)3-6-13(14)20/h1-7,12H,8H2,(H,21,26)(H,22,24). The van der Waals surface area contributed by atoms with E-state index in [2.05, 4.69) is 10.6 Å². The second-order valence-corrected chi connectivity index (χ2v) is 6.78. The average molecular weight is 413 g/mol. The van der Waals surface area contributed by atoms with Crippen LogP contribution in [0, 0.1) is 5.92 Å². The third kappa shape index (κ3) is 3.77. The van der Waals surface area contributed by atoms with Gasteiger partial charge in [-0.2, -0.15) is 0 Å². The molecule has 0 aromatic heterocycles. The van der Waals surface area contributed by atoms with Crippen molar-refractivity contribution < 1.29 is 14.4 Å². The topological polar surface area (TPSA) is 78.5 Å². The largest absolute Gasteiger partial charge is 0.336 e. The van der Waals surface area contributed by atoms with Crippen LogP contribution in [-0.4, -0.2) is 24.4 Å². The Kier molecular flexibility index (Phi) is 5.36. The number of carbonyl (C=O) groups is 3. The van der Waals surface area contributed by atoms with Crippen molar-refractivity contribution in [1.29, 1.82) is 0 Å². The summed E-state index contributed by atoms with van der Waals surface area (Å²) in [6, 6.07) is 10.1. The number of nitrogens with one attached hydrogen (secondary N) is 2. The number of anilines is 2. The Bertz CT molecular complexity index is 887. The first-order chi connectivity index (χ1) is 12.4. The van der Waals surface area contributed by atoms with Gasteiger partial charge in [0.2, 0.25) is 11.8 Å². The third-order valence-corrected chi connectivity index (χ3v) is 4.58. The minimum atomic E-state index is -1.11. The second-order valence-electron chi connectivity index (χ2n) is 5.50. The molecule has 3 rings (SSSR count). The van der Waals surface area contributed by atoms with Crippen molar-refractivity contribution in [2.75, 3.05) is 16.8 Å². The molecular weight excluding hydrogens is 401 g/mol. The Balaban J connectivity index is 1.82. The molecule has 0 radical (unpaired) electrons. The minimum Gasteiger partial charge on any atom is -0.336 e. The van der Waals surface area contributed by atoms with Gasteiger partial charge in [-0.25, -0.2) is 9.69 Å². The molecule has 1 saturated heterocycles. The van der Waals surface area contributed by atoms with Gasteiger partial charge in [0.15, 0.2) is 0 Å². The van der Waals surface area contributed by atoms with E-state index in [1.807, 2.05) is 0 Å². The summed E-state index contributed by atoms with van der Waals surface area (Å²) in [5.74, 6) is -2.36. The lowest BCUT2D eigenvalue weighted by Crippen LogP contribution is -2.58. The van der Waals surface area contributed by atoms with E-state index in [0.717, 1.165) is 4.90 Å². The van der Waals surface area contributed by atoms with Crippen molar-refractivity contribution in [3.05, 3.63) is 57.5 Å². The van der Waals surface area contributed by atoms with Gasteiger partial charge in [-0.3, -0.25) is 9.59 Å². The van der Waals surface area contributed by atoms with Crippen molar-refractivity contribution in [3.63, 3.8) is 0 Å². The van der Waals surface area contributed by atoms with Crippen molar-refractivity contribution >= 4 is 64.0 Å². The van der Waals surface area contributed by atoms with E-state index in [9.17, 15) is 14.4 Å². The Morgan fingerprint density at radius 3 is 2.38 bits per heavy atom. The highest BCUT2D eigenvalue weighted by Crippen LogP contribution is 2.27. The fourth-order valence-electron chi connectivity index (χ4n) is 2.46. The Morgan fingerprint density at radius 1 is 1.04 bits per heavy atom. The number of rotatable bonds is 3. The number of halogens is 3. The second kappa shape index (κ2) is 7.53. The Morgan fingerprint density at radius 2 is 1.69 bits per heavy atom. The van der Waals surface area contributed by atoms with Crippen LogP contribution >= 0.6 is 34.8 Å². The van der Waals surface area contributed by atoms with Crippen LogP contribution in [0.3, 0.4) is 0 Å². The van der Waals surface area contributed by atoms with Crippen LogP contribution in [0.5, 0.6) is 0 Å².